The highest BCUT2D eigenvalue weighted by molar-refractivity contribution is 5.83. The lowest BCUT2D eigenvalue weighted by molar-refractivity contribution is -0.139. The molecule has 30 heavy (non-hydrogen) atoms. The van der Waals surface area contributed by atoms with E-state index in [-0.39, 0.29) is 37.1 Å². The van der Waals surface area contributed by atoms with Crippen LogP contribution in [0.15, 0.2) is 48.5 Å². The summed E-state index contributed by atoms with van der Waals surface area (Å²) in [5, 5.41) is 4.60. The summed E-state index contributed by atoms with van der Waals surface area (Å²) in [6.07, 6.45) is -9.76. The zero-order valence-electron chi connectivity index (χ0n) is 15.5. The van der Waals surface area contributed by atoms with Crippen molar-refractivity contribution in [3.63, 3.8) is 0 Å². The molecule has 10 heteroatoms. The number of carbonyl (C=O) groups is 2. The van der Waals surface area contributed by atoms with Gasteiger partial charge in [-0.05, 0) is 23.3 Å². The average molecular weight is 432 g/mol. The predicted molar refractivity (Wildman–Crippen MR) is 95.8 cm³/mol. The Morgan fingerprint density at radius 2 is 0.967 bits per heavy atom. The number of amides is 2. The lowest BCUT2D eigenvalue weighted by atomic mass is 10.1. The molecule has 2 aromatic rings. The van der Waals surface area contributed by atoms with Crippen LogP contribution >= 0.6 is 0 Å². The van der Waals surface area contributed by atoms with Crippen molar-refractivity contribution in [2.45, 2.75) is 38.3 Å². The zero-order chi connectivity index (χ0) is 22.4. The molecule has 0 saturated heterocycles. The molecule has 2 aromatic carbocycles. The maximum absolute atomic E-state index is 12.9. The minimum Gasteiger partial charge on any atom is -0.352 e. The Bertz CT molecular complexity index is 820. The molecule has 2 N–H and O–H groups in total. The normalized spacial score (nSPS) is 11.8. The lowest BCUT2D eigenvalue weighted by Crippen LogP contribution is -2.28. The Balaban J connectivity index is 1.82. The zero-order valence-corrected chi connectivity index (χ0v) is 15.5. The first kappa shape index (κ1) is 23.2. The van der Waals surface area contributed by atoms with Gasteiger partial charge in [0.05, 0.1) is 11.1 Å². The monoisotopic (exact) mass is 432 g/mol. The summed E-state index contributed by atoms with van der Waals surface area (Å²) in [6.45, 7) is -0.732. The number of rotatable bonds is 7. The van der Waals surface area contributed by atoms with Gasteiger partial charge in [0.2, 0.25) is 11.8 Å². The highest BCUT2D eigenvalue weighted by Crippen LogP contribution is 2.32. The number of halogens is 6. The van der Waals surface area contributed by atoms with Gasteiger partial charge in [-0.25, -0.2) is 0 Å². The van der Waals surface area contributed by atoms with E-state index in [4.69, 9.17) is 0 Å². The molecule has 0 atom stereocenters. The molecule has 0 aliphatic carbocycles. The third-order valence-corrected chi connectivity index (χ3v) is 4.18. The molecular formula is C20H18F6N2O2. The van der Waals surface area contributed by atoms with Gasteiger partial charge < -0.3 is 10.6 Å². The number of carbonyl (C=O) groups excluding carboxylic acids is 2. The van der Waals surface area contributed by atoms with Gasteiger partial charge in [-0.1, -0.05) is 36.4 Å². The van der Waals surface area contributed by atoms with Gasteiger partial charge in [0, 0.05) is 25.9 Å². The van der Waals surface area contributed by atoms with Crippen molar-refractivity contribution in [1.82, 2.24) is 10.6 Å². The number of hydrogen-bond acceptors (Lipinski definition) is 2. The molecule has 0 spiro atoms. The molecule has 0 fully saturated rings. The minimum absolute atomic E-state index is 0.119. The molecule has 0 aliphatic rings. The highest BCUT2D eigenvalue weighted by atomic mass is 19.4. The van der Waals surface area contributed by atoms with Crippen molar-refractivity contribution in [3.8, 4) is 0 Å². The van der Waals surface area contributed by atoms with E-state index >= 15 is 0 Å². The maximum Gasteiger partial charge on any atom is 0.416 e. The molecule has 0 radical (unpaired) electrons. The minimum atomic E-state index is -4.56. The van der Waals surface area contributed by atoms with E-state index < -0.39 is 35.3 Å². The topological polar surface area (TPSA) is 58.2 Å². The predicted octanol–water partition coefficient (Wildman–Crippen LogP) is 4.44. The van der Waals surface area contributed by atoms with Crippen molar-refractivity contribution < 1.29 is 35.9 Å². The van der Waals surface area contributed by atoms with E-state index in [1.165, 1.54) is 36.4 Å². The molecule has 0 bridgehead atoms. The number of benzene rings is 2. The molecule has 0 heterocycles. The lowest BCUT2D eigenvalue weighted by Gasteiger charge is -2.14. The van der Waals surface area contributed by atoms with Crippen LogP contribution in [0.2, 0.25) is 0 Å². The van der Waals surface area contributed by atoms with Gasteiger partial charge in [0.1, 0.15) is 0 Å². The van der Waals surface area contributed by atoms with Crippen LogP contribution < -0.4 is 10.6 Å². The average Bonchev–Trinajstić information content (AvgIpc) is 2.68. The third kappa shape index (κ3) is 6.78. The van der Waals surface area contributed by atoms with Gasteiger partial charge in [-0.15, -0.1) is 0 Å². The number of alkyl halides is 6. The second-order valence-electron chi connectivity index (χ2n) is 6.36. The summed E-state index contributed by atoms with van der Waals surface area (Å²) < 4.78 is 77.5. The van der Waals surface area contributed by atoms with E-state index in [0.717, 1.165) is 12.1 Å². The third-order valence-electron chi connectivity index (χ3n) is 4.18. The Morgan fingerprint density at radius 3 is 1.30 bits per heavy atom. The summed E-state index contributed by atoms with van der Waals surface area (Å²) in [5.74, 6) is -1.31. The van der Waals surface area contributed by atoms with Crippen LogP contribution in [-0.2, 0) is 35.0 Å². The fourth-order valence-corrected chi connectivity index (χ4v) is 2.69. The summed E-state index contributed by atoms with van der Waals surface area (Å²) in [4.78, 5) is 23.6. The molecule has 2 amide bonds. The summed E-state index contributed by atoms with van der Waals surface area (Å²) in [7, 11) is 0. The molecule has 162 valence electrons. The van der Waals surface area contributed by atoms with Crippen LogP contribution in [0.3, 0.4) is 0 Å². The van der Waals surface area contributed by atoms with Gasteiger partial charge in [0.25, 0.3) is 0 Å². The van der Waals surface area contributed by atoms with Crippen LogP contribution in [0.1, 0.15) is 35.1 Å². The Morgan fingerprint density at radius 1 is 0.633 bits per heavy atom. The largest absolute Gasteiger partial charge is 0.416 e. The molecule has 0 unspecified atom stereocenters. The maximum atomic E-state index is 12.9. The molecule has 2 rings (SSSR count). The van der Waals surface area contributed by atoms with E-state index in [0.29, 0.717) is 0 Å². The fourth-order valence-electron chi connectivity index (χ4n) is 2.69. The van der Waals surface area contributed by atoms with Crippen LogP contribution in [0, 0.1) is 0 Å². The first-order valence-corrected chi connectivity index (χ1v) is 8.82. The van der Waals surface area contributed by atoms with Crippen LogP contribution in [-0.4, -0.2) is 11.8 Å². The smallest absolute Gasteiger partial charge is 0.352 e. The van der Waals surface area contributed by atoms with Crippen molar-refractivity contribution in [3.05, 3.63) is 70.8 Å². The second kappa shape index (κ2) is 9.64. The molecule has 0 aromatic heterocycles. The van der Waals surface area contributed by atoms with Gasteiger partial charge in [-0.3, -0.25) is 9.59 Å². The Hall–Kier alpha value is -3.04. The van der Waals surface area contributed by atoms with Gasteiger partial charge >= 0.3 is 12.4 Å². The molecule has 0 aliphatic heterocycles. The first-order chi connectivity index (χ1) is 14.0. The van der Waals surface area contributed by atoms with Gasteiger partial charge in [-0.2, -0.15) is 26.3 Å². The molecule has 4 nitrogen and oxygen atoms in total. The van der Waals surface area contributed by atoms with Crippen molar-refractivity contribution in [1.29, 1.82) is 0 Å². The van der Waals surface area contributed by atoms with E-state index in [1.54, 1.807) is 0 Å². The quantitative estimate of drug-likeness (QED) is 0.636. The summed E-state index contributed by atoms with van der Waals surface area (Å²) >= 11 is 0. The highest BCUT2D eigenvalue weighted by Gasteiger charge is 2.33. The van der Waals surface area contributed by atoms with Crippen LogP contribution in [0.4, 0.5) is 26.3 Å². The van der Waals surface area contributed by atoms with E-state index in [2.05, 4.69) is 10.6 Å². The number of nitrogens with one attached hydrogen (secondary N) is 2. The summed E-state index contributed by atoms with van der Waals surface area (Å²) in [6, 6.07) is 9.53. The van der Waals surface area contributed by atoms with Crippen LogP contribution in [0.25, 0.3) is 0 Å². The van der Waals surface area contributed by atoms with Crippen molar-refractivity contribution in [2.75, 3.05) is 0 Å². The molecular weight excluding hydrogens is 414 g/mol. The fraction of sp³-hybridized carbons (Fsp3) is 0.300. The van der Waals surface area contributed by atoms with E-state index in [9.17, 15) is 35.9 Å². The van der Waals surface area contributed by atoms with Crippen molar-refractivity contribution >= 4 is 11.8 Å². The summed E-state index contributed by atoms with van der Waals surface area (Å²) in [5.41, 5.74) is -1.98. The Labute approximate surface area is 168 Å². The van der Waals surface area contributed by atoms with E-state index in [1.807, 2.05) is 0 Å². The SMILES string of the molecule is O=C(CCC(=O)NCc1ccccc1C(F)(F)F)NCc1ccccc1C(F)(F)F. The number of hydrogen-bond donors (Lipinski definition) is 2. The molecule has 0 saturated carbocycles. The first-order valence-electron chi connectivity index (χ1n) is 8.82. The van der Waals surface area contributed by atoms with Crippen molar-refractivity contribution in [2.24, 2.45) is 0 Å². The standard InChI is InChI=1S/C20H18F6N2O2/c21-19(22,23)15-7-3-1-5-13(15)11-27-17(29)9-10-18(30)28-12-14-6-2-4-8-16(14)20(24,25)26/h1-8H,9-12H2,(H,27,29)(H,28,30). The Kier molecular flexibility index (Phi) is 7.47. The second-order valence-corrected chi connectivity index (χ2v) is 6.36. The van der Waals surface area contributed by atoms with Crippen LogP contribution in [0.5, 0.6) is 0 Å². The van der Waals surface area contributed by atoms with Gasteiger partial charge in [0.15, 0.2) is 0 Å².